The van der Waals surface area contributed by atoms with Gasteiger partial charge < -0.3 is 5.73 Å². The van der Waals surface area contributed by atoms with Gasteiger partial charge in [0.05, 0.1) is 10.0 Å². The molecule has 1 unspecified atom stereocenters. The average molecular weight is 270 g/mol. The van der Waals surface area contributed by atoms with Gasteiger partial charge in [0.15, 0.2) is 0 Å². The molecule has 1 aliphatic rings. The van der Waals surface area contributed by atoms with Crippen LogP contribution in [0.4, 0.5) is 0 Å². The molecule has 92 valence electrons. The Morgan fingerprint density at radius 1 is 1.24 bits per heavy atom. The number of hydrogen-bond donors (Lipinski definition) is 1. The molecule has 3 heteroatoms. The molecule has 0 aliphatic heterocycles. The lowest BCUT2D eigenvalue weighted by Gasteiger charge is -2.19. The molecule has 0 fully saturated rings. The molecule has 1 aromatic rings. The van der Waals surface area contributed by atoms with E-state index in [0.717, 1.165) is 12.0 Å². The zero-order chi connectivity index (χ0) is 12.3. The number of rotatable bonds is 3. The minimum atomic E-state index is -0.0504. The summed E-state index contributed by atoms with van der Waals surface area (Å²) in [7, 11) is 0. The zero-order valence-electron chi connectivity index (χ0n) is 9.76. The second-order valence-corrected chi connectivity index (χ2v) is 5.35. The number of nitrogens with two attached hydrogens (primary N) is 1. The highest BCUT2D eigenvalue weighted by atomic mass is 35.5. The third kappa shape index (κ3) is 3.25. The predicted molar refractivity (Wildman–Crippen MR) is 74.6 cm³/mol. The summed E-state index contributed by atoms with van der Waals surface area (Å²) < 4.78 is 0. The quantitative estimate of drug-likeness (QED) is 0.778. The van der Waals surface area contributed by atoms with Crippen molar-refractivity contribution < 1.29 is 0 Å². The van der Waals surface area contributed by atoms with E-state index in [1.54, 1.807) is 6.07 Å². The molecule has 0 spiro atoms. The summed E-state index contributed by atoms with van der Waals surface area (Å²) >= 11 is 12.2. The van der Waals surface area contributed by atoms with Crippen LogP contribution in [-0.2, 0) is 0 Å². The van der Waals surface area contributed by atoms with E-state index >= 15 is 0 Å². The van der Waals surface area contributed by atoms with Crippen LogP contribution < -0.4 is 5.73 Å². The minimum absolute atomic E-state index is 0.0504. The monoisotopic (exact) mass is 269 g/mol. The van der Waals surface area contributed by atoms with E-state index in [1.807, 2.05) is 12.1 Å². The lowest BCUT2D eigenvalue weighted by Crippen LogP contribution is -2.12. The van der Waals surface area contributed by atoms with Crippen molar-refractivity contribution in [3.05, 3.63) is 45.5 Å². The number of allylic oxidation sites excluding steroid dienone is 1. The maximum absolute atomic E-state index is 6.21. The smallest absolute Gasteiger partial charge is 0.0640 e. The third-order valence-corrected chi connectivity index (χ3v) is 4.08. The van der Waals surface area contributed by atoms with Gasteiger partial charge in [-0.2, -0.15) is 0 Å². The molecule has 0 bridgehead atoms. The third-order valence-electron chi connectivity index (χ3n) is 3.25. The van der Waals surface area contributed by atoms with Gasteiger partial charge in [0.2, 0.25) is 0 Å². The van der Waals surface area contributed by atoms with Gasteiger partial charge in [0, 0.05) is 6.04 Å². The van der Waals surface area contributed by atoms with Crippen molar-refractivity contribution >= 4 is 23.2 Å². The van der Waals surface area contributed by atoms with Crippen molar-refractivity contribution in [2.24, 2.45) is 5.73 Å². The Kier molecular flexibility index (Phi) is 4.49. The van der Waals surface area contributed by atoms with Gasteiger partial charge in [-0.25, -0.2) is 0 Å². The van der Waals surface area contributed by atoms with Crippen LogP contribution in [-0.4, -0.2) is 0 Å². The summed E-state index contributed by atoms with van der Waals surface area (Å²) in [5.41, 5.74) is 8.62. The molecule has 0 heterocycles. The van der Waals surface area contributed by atoms with Gasteiger partial charge in [0.1, 0.15) is 0 Å². The van der Waals surface area contributed by atoms with Crippen LogP contribution in [0.15, 0.2) is 29.8 Å². The molecule has 1 nitrogen and oxygen atoms in total. The SMILES string of the molecule is NC(CC1=CCCCC1)c1cccc(Cl)c1Cl. The topological polar surface area (TPSA) is 26.0 Å². The fourth-order valence-corrected chi connectivity index (χ4v) is 2.74. The van der Waals surface area contributed by atoms with Crippen molar-refractivity contribution in [3.63, 3.8) is 0 Å². The Morgan fingerprint density at radius 3 is 2.76 bits per heavy atom. The first-order valence-corrected chi connectivity index (χ1v) is 6.81. The molecule has 1 aromatic carbocycles. The van der Waals surface area contributed by atoms with Crippen LogP contribution in [0, 0.1) is 0 Å². The molecular formula is C14H17Cl2N. The Balaban J connectivity index is 2.11. The van der Waals surface area contributed by atoms with E-state index in [0.29, 0.717) is 10.0 Å². The van der Waals surface area contributed by atoms with E-state index in [-0.39, 0.29) is 6.04 Å². The summed E-state index contributed by atoms with van der Waals surface area (Å²) in [6.07, 6.45) is 8.15. The highest BCUT2D eigenvalue weighted by Gasteiger charge is 2.14. The van der Waals surface area contributed by atoms with Gasteiger partial charge in [-0.15, -0.1) is 0 Å². The predicted octanol–water partition coefficient (Wildman–Crippen LogP) is 4.88. The fourth-order valence-electron chi connectivity index (χ4n) is 2.29. The first-order valence-electron chi connectivity index (χ1n) is 6.06. The second-order valence-electron chi connectivity index (χ2n) is 4.56. The molecule has 0 radical (unpaired) electrons. The Hall–Kier alpha value is -0.500. The normalized spacial score (nSPS) is 17.7. The molecule has 0 amide bonds. The van der Waals surface area contributed by atoms with Gasteiger partial charge in [-0.05, 0) is 43.7 Å². The molecule has 17 heavy (non-hydrogen) atoms. The van der Waals surface area contributed by atoms with E-state index in [2.05, 4.69) is 6.08 Å². The van der Waals surface area contributed by atoms with Crippen LogP contribution >= 0.6 is 23.2 Å². The molecule has 1 atom stereocenters. The van der Waals surface area contributed by atoms with Crippen LogP contribution in [0.25, 0.3) is 0 Å². The van der Waals surface area contributed by atoms with E-state index in [1.165, 1.54) is 31.3 Å². The molecular weight excluding hydrogens is 253 g/mol. The van der Waals surface area contributed by atoms with Gasteiger partial charge in [0.25, 0.3) is 0 Å². The van der Waals surface area contributed by atoms with Gasteiger partial charge in [-0.3, -0.25) is 0 Å². The lowest BCUT2D eigenvalue weighted by atomic mass is 9.92. The average Bonchev–Trinajstić information content (AvgIpc) is 2.34. The Labute approximate surface area is 113 Å². The van der Waals surface area contributed by atoms with Crippen molar-refractivity contribution in [1.82, 2.24) is 0 Å². The zero-order valence-corrected chi connectivity index (χ0v) is 11.3. The fraction of sp³-hybridized carbons (Fsp3) is 0.429. The first kappa shape index (κ1) is 12.9. The first-order chi connectivity index (χ1) is 8.18. The standard InChI is InChI=1S/C14H17Cl2N/c15-12-8-4-7-11(14(12)16)13(17)9-10-5-2-1-3-6-10/h4-5,7-8,13H,1-3,6,9,17H2. The van der Waals surface area contributed by atoms with Crippen molar-refractivity contribution in [1.29, 1.82) is 0 Å². The van der Waals surface area contributed by atoms with Crippen molar-refractivity contribution in [3.8, 4) is 0 Å². The maximum atomic E-state index is 6.21. The molecule has 2 rings (SSSR count). The number of halogens is 2. The summed E-state index contributed by atoms with van der Waals surface area (Å²) in [5.74, 6) is 0. The van der Waals surface area contributed by atoms with E-state index in [9.17, 15) is 0 Å². The summed E-state index contributed by atoms with van der Waals surface area (Å²) in [6, 6.07) is 5.60. The lowest BCUT2D eigenvalue weighted by molar-refractivity contribution is 0.628. The summed E-state index contributed by atoms with van der Waals surface area (Å²) in [4.78, 5) is 0. The van der Waals surface area contributed by atoms with Crippen LogP contribution in [0.1, 0.15) is 43.7 Å². The van der Waals surface area contributed by atoms with Crippen LogP contribution in [0.3, 0.4) is 0 Å². The van der Waals surface area contributed by atoms with Gasteiger partial charge >= 0.3 is 0 Å². The van der Waals surface area contributed by atoms with Gasteiger partial charge in [-0.1, -0.05) is 47.0 Å². The van der Waals surface area contributed by atoms with Crippen LogP contribution in [0.5, 0.6) is 0 Å². The molecule has 0 saturated heterocycles. The Morgan fingerprint density at radius 2 is 2.06 bits per heavy atom. The molecule has 2 N–H and O–H groups in total. The Bertz CT molecular complexity index is 426. The molecule has 0 saturated carbocycles. The van der Waals surface area contributed by atoms with E-state index < -0.39 is 0 Å². The molecule has 1 aliphatic carbocycles. The highest BCUT2D eigenvalue weighted by molar-refractivity contribution is 6.42. The molecule has 0 aromatic heterocycles. The van der Waals surface area contributed by atoms with Crippen LogP contribution in [0.2, 0.25) is 10.0 Å². The van der Waals surface area contributed by atoms with Crippen molar-refractivity contribution in [2.75, 3.05) is 0 Å². The van der Waals surface area contributed by atoms with Crippen molar-refractivity contribution in [2.45, 2.75) is 38.1 Å². The number of hydrogen-bond acceptors (Lipinski definition) is 1. The number of benzene rings is 1. The summed E-state index contributed by atoms with van der Waals surface area (Å²) in [5, 5.41) is 1.18. The highest BCUT2D eigenvalue weighted by Crippen LogP contribution is 2.33. The largest absolute Gasteiger partial charge is 0.324 e. The second kappa shape index (κ2) is 5.90. The minimum Gasteiger partial charge on any atom is -0.324 e. The van der Waals surface area contributed by atoms with E-state index in [4.69, 9.17) is 28.9 Å². The summed E-state index contributed by atoms with van der Waals surface area (Å²) in [6.45, 7) is 0. The maximum Gasteiger partial charge on any atom is 0.0640 e.